The standard InChI is InChI=1S/C18H21BrN2O3/c1-21(11-13-5-4-6-16(23-2)18(13)24-3)12-17(22)20-15-9-7-14(19)8-10-15/h4-10H,11-12H2,1-3H3,(H,20,22)/p+1. The third-order valence-corrected chi connectivity index (χ3v) is 4.10. The Morgan fingerprint density at radius 3 is 2.46 bits per heavy atom. The molecule has 0 spiro atoms. The maximum Gasteiger partial charge on any atom is 0.279 e. The Kier molecular flexibility index (Phi) is 6.63. The fourth-order valence-electron chi connectivity index (χ4n) is 2.49. The largest absolute Gasteiger partial charge is 0.493 e. The van der Waals surface area contributed by atoms with Gasteiger partial charge in [0.1, 0.15) is 6.54 Å². The summed E-state index contributed by atoms with van der Waals surface area (Å²) in [5.41, 5.74) is 1.79. The van der Waals surface area contributed by atoms with Crippen LogP contribution in [0, 0.1) is 0 Å². The first-order valence-electron chi connectivity index (χ1n) is 7.60. The lowest BCUT2D eigenvalue weighted by atomic mass is 10.1. The molecule has 0 aliphatic heterocycles. The van der Waals surface area contributed by atoms with E-state index in [1.165, 1.54) is 0 Å². The number of carbonyl (C=O) groups excluding carboxylic acids is 1. The van der Waals surface area contributed by atoms with Crippen LogP contribution in [0.4, 0.5) is 5.69 Å². The molecule has 2 rings (SSSR count). The number of carbonyl (C=O) groups is 1. The van der Waals surface area contributed by atoms with Crippen LogP contribution in [-0.2, 0) is 11.3 Å². The number of rotatable bonds is 7. The zero-order valence-corrected chi connectivity index (χ0v) is 15.6. The van der Waals surface area contributed by atoms with E-state index >= 15 is 0 Å². The van der Waals surface area contributed by atoms with Gasteiger partial charge >= 0.3 is 0 Å². The van der Waals surface area contributed by atoms with Gasteiger partial charge in [-0.05, 0) is 36.4 Å². The van der Waals surface area contributed by atoms with Gasteiger partial charge in [0.15, 0.2) is 18.0 Å². The highest BCUT2D eigenvalue weighted by Crippen LogP contribution is 2.29. The molecule has 2 aromatic rings. The van der Waals surface area contributed by atoms with Crippen LogP contribution in [0.25, 0.3) is 0 Å². The van der Waals surface area contributed by atoms with Crippen molar-refractivity contribution in [3.05, 3.63) is 52.5 Å². The zero-order valence-electron chi connectivity index (χ0n) is 14.1. The number of amides is 1. The number of likely N-dealkylation sites (N-methyl/N-ethyl adjacent to an activating group) is 1. The molecule has 0 fully saturated rings. The summed E-state index contributed by atoms with van der Waals surface area (Å²) >= 11 is 3.38. The lowest BCUT2D eigenvalue weighted by Gasteiger charge is -2.17. The molecule has 0 saturated heterocycles. The lowest BCUT2D eigenvalue weighted by molar-refractivity contribution is -0.885. The number of methoxy groups -OCH3 is 2. The number of hydrogen-bond donors (Lipinski definition) is 2. The molecule has 0 bridgehead atoms. The van der Waals surface area contributed by atoms with Crippen molar-refractivity contribution in [2.45, 2.75) is 6.54 Å². The summed E-state index contributed by atoms with van der Waals surface area (Å²) in [6.07, 6.45) is 0. The Morgan fingerprint density at radius 2 is 1.83 bits per heavy atom. The zero-order chi connectivity index (χ0) is 17.5. The van der Waals surface area contributed by atoms with Crippen molar-refractivity contribution in [3.8, 4) is 11.5 Å². The molecule has 1 amide bonds. The molecule has 0 heterocycles. The minimum Gasteiger partial charge on any atom is -0.493 e. The van der Waals surface area contributed by atoms with Crippen molar-refractivity contribution in [1.29, 1.82) is 0 Å². The molecule has 1 unspecified atom stereocenters. The molecule has 0 aromatic heterocycles. The van der Waals surface area contributed by atoms with E-state index in [2.05, 4.69) is 21.2 Å². The van der Waals surface area contributed by atoms with Gasteiger partial charge in [-0.15, -0.1) is 0 Å². The summed E-state index contributed by atoms with van der Waals surface area (Å²) in [5, 5.41) is 2.90. The summed E-state index contributed by atoms with van der Waals surface area (Å²) in [4.78, 5) is 13.2. The average molecular weight is 394 g/mol. The van der Waals surface area contributed by atoms with Gasteiger partial charge in [-0.25, -0.2) is 0 Å². The van der Waals surface area contributed by atoms with Crippen LogP contribution in [0.5, 0.6) is 11.5 Å². The van der Waals surface area contributed by atoms with Crippen molar-refractivity contribution in [3.63, 3.8) is 0 Å². The molecule has 2 aromatic carbocycles. The molecule has 0 radical (unpaired) electrons. The number of anilines is 1. The van der Waals surface area contributed by atoms with Gasteiger partial charge in [0.2, 0.25) is 0 Å². The van der Waals surface area contributed by atoms with E-state index in [1.807, 2.05) is 49.5 Å². The van der Waals surface area contributed by atoms with Crippen molar-refractivity contribution < 1.29 is 19.2 Å². The van der Waals surface area contributed by atoms with Gasteiger partial charge < -0.3 is 19.7 Å². The Bertz CT molecular complexity index is 689. The van der Waals surface area contributed by atoms with Gasteiger partial charge in [-0.3, -0.25) is 4.79 Å². The van der Waals surface area contributed by atoms with Crippen LogP contribution in [0.2, 0.25) is 0 Å². The fraction of sp³-hybridized carbons (Fsp3) is 0.278. The smallest absolute Gasteiger partial charge is 0.279 e. The molecule has 2 N–H and O–H groups in total. The molecular formula is C18H22BrN2O3+. The number of para-hydroxylation sites is 1. The van der Waals surface area contributed by atoms with Crippen LogP contribution >= 0.6 is 15.9 Å². The maximum atomic E-state index is 12.2. The quantitative estimate of drug-likeness (QED) is 0.757. The van der Waals surface area contributed by atoms with Crippen LogP contribution in [0.15, 0.2) is 46.9 Å². The molecule has 24 heavy (non-hydrogen) atoms. The highest BCUT2D eigenvalue weighted by Gasteiger charge is 2.16. The molecule has 0 aliphatic carbocycles. The maximum absolute atomic E-state index is 12.2. The second-order valence-corrected chi connectivity index (χ2v) is 6.43. The number of benzene rings is 2. The SMILES string of the molecule is COc1cccc(C[NH+](C)CC(=O)Nc2ccc(Br)cc2)c1OC. The highest BCUT2D eigenvalue weighted by atomic mass is 79.9. The first kappa shape index (κ1) is 18.3. The van der Waals surface area contributed by atoms with Crippen molar-refractivity contribution in [2.24, 2.45) is 0 Å². The molecule has 0 aliphatic rings. The average Bonchev–Trinajstić information content (AvgIpc) is 2.56. The molecule has 128 valence electrons. The predicted octanol–water partition coefficient (Wildman–Crippen LogP) is 2.12. The van der Waals surface area contributed by atoms with Gasteiger partial charge in [-0.1, -0.05) is 22.0 Å². The molecule has 0 saturated carbocycles. The van der Waals surface area contributed by atoms with E-state index in [1.54, 1.807) is 14.2 Å². The summed E-state index contributed by atoms with van der Waals surface area (Å²) in [6.45, 7) is 1.02. The number of quaternary nitrogens is 1. The summed E-state index contributed by atoms with van der Waals surface area (Å²) in [6, 6.07) is 13.3. The van der Waals surface area contributed by atoms with Gasteiger partial charge in [0, 0.05) is 10.2 Å². The normalized spacial score (nSPS) is 11.7. The first-order chi connectivity index (χ1) is 11.5. The van der Waals surface area contributed by atoms with E-state index in [-0.39, 0.29) is 5.91 Å². The van der Waals surface area contributed by atoms with Crippen molar-refractivity contribution in [2.75, 3.05) is 33.1 Å². The van der Waals surface area contributed by atoms with Gasteiger partial charge in [0.05, 0.1) is 26.8 Å². The van der Waals surface area contributed by atoms with E-state index in [9.17, 15) is 4.79 Å². The summed E-state index contributed by atoms with van der Waals surface area (Å²) in [7, 11) is 5.21. The van der Waals surface area contributed by atoms with Crippen LogP contribution in [-0.4, -0.2) is 33.7 Å². The van der Waals surface area contributed by atoms with E-state index in [0.717, 1.165) is 20.6 Å². The lowest BCUT2D eigenvalue weighted by Crippen LogP contribution is -3.08. The van der Waals surface area contributed by atoms with E-state index in [0.29, 0.717) is 24.6 Å². The second kappa shape index (κ2) is 8.70. The molecule has 5 nitrogen and oxygen atoms in total. The van der Waals surface area contributed by atoms with Crippen LogP contribution < -0.4 is 19.7 Å². The minimum absolute atomic E-state index is 0.0308. The Balaban J connectivity index is 1.96. The topological polar surface area (TPSA) is 52.0 Å². The Hall–Kier alpha value is -2.05. The summed E-state index contributed by atoms with van der Waals surface area (Å²) in [5.74, 6) is 1.38. The Labute approximate surface area is 150 Å². The molecule has 6 heteroatoms. The van der Waals surface area contributed by atoms with Gasteiger partial charge in [0.25, 0.3) is 5.91 Å². The third kappa shape index (κ3) is 4.97. The van der Waals surface area contributed by atoms with Crippen LogP contribution in [0.3, 0.4) is 0 Å². The van der Waals surface area contributed by atoms with Crippen molar-refractivity contribution >= 4 is 27.5 Å². The van der Waals surface area contributed by atoms with E-state index in [4.69, 9.17) is 9.47 Å². The predicted molar refractivity (Wildman–Crippen MR) is 97.8 cm³/mol. The third-order valence-electron chi connectivity index (χ3n) is 3.57. The molecule has 1 atom stereocenters. The number of hydrogen-bond acceptors (Lipinski definition) is 3. The monoisotopic (exact) mass is 393 g/mol. The fourth-order valence-corrected chi connectivity index (χ4v) is 2.76. The number of nitrogens with one attached hydrogen (secondary N) is 2. The van der Waals surface area contributed by atoms with E-state index < -0.39 is 0 Å². The molecular weight excluding hydrogens is 372 g/mol. The minimum atomic E-state index is -0.0308. The number of ether oxygens (including phenoxy) is 2. The highest BCUT2D eigenvalue weighted by molar-refractivity contribution is 9.10. The first-order valence-corrected chi connectivity index (χ1v) is 8.39. The van der Waals surface area contributed by atoms with Gasteiger partial charge in [-0.2, -0.15) is 0 Å². The van der Waals surface area contributed by atoms with Crippen LogP contribution in [0.1, 0.15) is 5.56 Å². The Morgan fingerprint density at radius 1 is 1.12 bits per heavy atom. The number of halogens is 1. The second-order valence-electron chi connectivity index (χ2n) is 5.52. The van der Waals surface area contributed by atoms with Crippen molar-refractivity contribution in [1.82, 2.24) is 0 Å². The summed E-state index contributed by atoms with van der Waals surface area (Å²) < 4.78 is 11.7.